The molecule has 3 rings (SSSR count). The van der Waals surface area contributed by atoms with Gasteiger partial charge in [0.05, 0.1) is 11.8 Å². The Morgan fingerprint density at radius 1 is 1.21 bits per heavy atom. The third-order valence-electron chi connectivity index (χ3n) is 3.20. The van der Waals surface area contributed by atoms with Gasteiger partial charge in [0, 0.05) is 5.56 Å². The second-order valence-electron chi connectivity index (χ2n) is 4.94. The highest BCUT2D eigenvalue weighted by Gasteiger charge is 2.30. The van der Waals surface area contributed by atoms with Crippen LogP contribution in [-0.4, -0.2) is 29.7 Å². The van der Waals surface area contributed by atoms with Crippen LogP contribution in [0.25, 0.3) is 11.3 Å². The Balaban J connectivity index is 1.79. The smallest absolute Gasteiger partial charge is 0.416 e. The third-order valence-corrected chi connectivity index (χ3v) is 3.20. The van der Waals surface area contributed by atoms with E-state index in [4.69, 9.17) is 4.42 Å². The molecule has 124 valence electrons. The number of hydrogen-bond acceptors (Lipinski definition) is 4. The minimum Gasteiger partial charge on any atom is -0.455 e. The Bertz CT molecular complexity index is 827. The van der Waals surface area contributed by atoms with Crippen LogP contribution in [-0.2, 0) is 11.0 Å². The van der Waals surface area contributed by atoms with E-state index in [0.717, 1.165) is 17.1 Å². The van der Waals surface area contributed by atoms with Crippen molar-refractivity contribution in [1.29, 1.82) is 0 Å². The van der Waals surface area contributed by atoms with Gasteiger partial charge in [-0.15, -0.1) is 0 Å². The summed E-state index contributed by atoms with van der Waals surface area (Å²) in [6, 6.07) is 7.06. The minimum absolute atomic E-state index is 0.198. The molecule has 2 heterocycles. The predicted octanol–water partition coefficient (Wildman–Crippen LogP) is 2.85. The number of nitrogens with zero attached hydrogens (tertiary/aromatic N) is 2. The van der Waals surface area contributed by atoms with E-state index in [-0.39, 0.29) is 23.6 Å². The average Bonchev–Trinajstić information content (AvgIpc) is 3.11. The summed E-state index contributed by atoms with van der Waals surface area (Å²) in [4.78, 5) is 22.3. The monoisotopic (exact) mass is 337 g/mol. The van der Waals surface area contributed by atoms with Crippen LogP contribution in [0.3, 0.4) is 0 Å². The van der Waals surface area contributed by atoms with Crippen LogP contribution in [0, 0.1) is 0 Å². The van der Waals surface area contributed by atoms with E-state index >= 15 is 0 Å². The van der Waals surface area contributed by atoms with Crippen LogP contribution in [0.1, 0.15) is 11.3 Å². The van der Waals surface area contributed by atoms with Gasteiger partial charge in [-0.2, -0.15) is 18.3 Å². The highest BCUT2D eigenvalue weighted by Crippen LogP contribution is 2.32. The van der Waals surface area contributed by atoms with Crippen molar-refractivity contribution in [2.75, 3.05) is 6.54 Å². The highest BCUT2D eigenvalue weighted by molar-refractivity contribution is 6.02. The van der Waals surface area contributed by atoms with Gasteiger partial charge in [-0.05, 0) is 24.3 Å². The van der Waals surface area contributed by atoms with Crippen molar-refractivity contribution >= 4 is 18.2 Å². The molecule has 24 heavy (non-hydrogen) atoms. The van der Waals surface area contributed by atoms with E-state index in [1.54, 1.807) is 0 Å². The van der Waals surface area contributed by atoms with Crippen molar-refractivity contribution in [3.05, 3.63) is 47.7 Å². The number of hydrazone groups is 1. The summed E-state index contributed by atoms with van der Waals surface area (Å²) in [6.07, 6.45) is -3.24. The van der Waals surface area contributed by atoms with Gasteiger partial charge in [-0.1, -0.05) is 12.1 Å². The molecule has 0 spiro atoms. The Labute approximate surface area is 133 Å². The average molecular weight is 337 g/mol. The zero-order valence-corrected chi connectivity index (χ0v) is 12.0. The summed E-state index contributed by atoms with van der Waals surface area (Å²) in [5.41, 5.74) is -0.516. The van der Waals surface area contributed by atoms with E-state index < -0.39 is 23.7 Å². The van der Waals surface area contributed by atoms with Crippen LogP contribution in [0.4, 0.5) is 18.0 Å². The van der Waals surface area contributed by atoms with E-state index in [1.807, 2.05) is 0 Å². The molecule has 3 amide bonds. The van der Waals surface area contributed by atoms with E-state index in [9.17, 15) is 22.8 Å². The molecule has 6 nitrogen and oxygen atoms in total. The lowest BCUT2D eigenvalue weighted by atomic mass is 10.1. The van der Waals surface area contributed by atoms with Crippen LogP contribution in [0.2, 0.25) is 0 Å². The number of benzene rings is 1. The lowest BCUT2D eigenvalue weighted by Gasteiger charge is -2.07. The summed E-state index contributed by atoms with van der Waals surface area (Å²) in [5, 5.41) is 6.75. The summed E-state index contributed by atoms with van der Waals surface area (Å²) >= 11 is 0. The molecule has 0 radical (unpaired) electrons. The number of carbonyl (C=O) groups is 2. The molecular weight excluding hydrogens is 327 g/mol. The first kappa shape index (κ1) is 15.8. The number of nitrogens with one attached hydrogen (secondary N) is 1. The number of alkyl halides is 3. The van der Waals surface area contributed by atoms with Crippen molar-refractivity contribution < 1.29 is 27.2 Å². The second-order valence-corrected chi connectivity index (χ2v) is 4.94. The number of urea groups is 1. The van der Waals surface area contributed by atoms with Crippen molar-refractivity contribution in [3.63, 3.8) is 0 Å². The Hall–Kier alpha value is -3.10. The van der Waals surface area contributed by atoms with Crippen LogP contribution in [0.15, 0.2) is 45.9 Å². The first-order valence-corrected chi connectivity index (χ1v) is 6.76. The summed E-state index contributed by atoms with van der Waals surface area (Å²) in [7, 11) is 0. The highest BCUT2D eigenvalue weighted by atomic mass is 19.4. The molecule has 0 unspecified atom stereocenters. The van der Waals surface area contributed by atoms with Gasteiger partial charge < -0.3 is 4.42 Å². The fraction of sp³-hybridized carbons (Fsp3) is 0.133. The molecule has 0 bridgehead atoms. The lowest BCUT2D eigenvalue weighted by Crippen LogP contribution is -2.24. The van der Waals surface area contributed by atoms with Gasteiger partial charge in [0.15, 0.2) is 0 Å². The van der Waals surface area contributed by atoms with Gasteiger partial charge in [0.2, 0.25) is 5.91 Å². The standard InChI is InChI=1S/C15H10F3N3O3/c16-15(17,18)10-3-1-2-9(6-10)12-5-4-11(24-12)7-19-21-8-13(22)20-14(21)23/h1-7H,8H2,(H,20,22,23)/b19-7+. The molecule has 1 N–H and O–H groups in total. The maximum absolute atomic E-state index is 12.7. The van der Waals surface area contributed by atoms with Gasteiger partial charge in [-0.25, -0.2) is 9.80 Å². The maximum Gasteiger partial charge on any atom is 0.416 e. The molecular formula is C15H10F3N3O3. The third kappa shape index (κ3) is 3.29. The molecule has 0 atom stereocenters. The Morgan fingerprint density at radius 3 is 2.67 bits per heavy atom. The number of carbonyl (C=O) groups excluding carboxylic acids is 2. The van der Waals surface area contributed by atoms with E-state index in [2.05, 4.69) is 10.4 Å². The van der Waals surface area contributed by atoms with Gasteiger partial charge in [-0.3, -0.25) is 10.1 Å². The SMILES string of the molecule is O=C1CN(/N=C/c2ccc(-c3cccc(C(F)(F)F)c3)o2)C(=O)N1. The Kier molecular flexibility index (Phi) is 3.84. The van der Waals surface area contributed by atoms with Crippen LogP contribution in [0.5, 0.6) is 0 Å². The number of furan rings is 1. The molecule has 0 aliphatic carbocycles. The number of amides is 3. The summed E-state index contributed by atoms with van der Waals surface area (Å²) < 4.78 is 43.6. The van der Waals surface area contributed by atoms with Gasteiger partial charge in [0.1, 0.15) is 18.1 Å². The molecule has 1 aliphatic heterocycles. The Morgan fingerprint density at radius 2 is 2.00 bits per heavy atom. The maximum atomic E-state index is 12.7. The second kappa shape index (κ2) is 5.84. The molecule has 1 aromatic carbocycles. The quantitative estimate of drug-likeness (QED) is 0.691. The zero-order valence-electron chi connectivity index (χ0n) is 12.0. The summed E-state index contributed by atoms with van der Waals surface area (Å²) in [5.74, 6) is -0.0136. The molecule has 1 aromatic heterocycles. The topological polar surface area (TPSA) is 74.9 Å². The normalized spacial score (nSPS) is 15.4. The van der Waals surface area contributed by atoms with Crippen molar-refractivity contribution in [2.24, 2.45) is 5.10 Å². The number of rotatable bonds is 3. The molecule has 1 aliphatic rings. The molecule has 1 fully saturated rings. The van der Waals surface area contributed by atoms with E-state index in [0.29, 0.717) is 0 Å². The van der Waals surface area contributed by atoms with Crippen molar-refractivity contribution in [2.45, 2.75) is 6.18 Å². The van der Waals surface area contributed by atoms with Gasteiger partial charge in [0.25, 0.3) is 0 Å². The minimum atomic E-state index is -4.44. The number of hydrogen-bond donors (Lipinski definition) is 1. The molecule has 1 saturated heterocycles. The molecule has 0 saturated carbocycles. The zero-order chi connectivity index (χ0) is 17.3. The van der Waals surface area contributed by atoms with E-state index in [1.165, 1.54) is 30.5 Å². The number of imide groups is 1. The number of halogens is 3. The molecule has 2 aromatic rings. The van der Waals surface area contributed by atoms with Crippen LogP contribution >= 0.6 is 0 Å². The van der Waals surface area contributed by atoms with Crippen molar-refractivity contribution in [1.82, 2.24) is 10.3 Å². The van der Waals surface area contributed by atoms with Crippen LogP contribution < -0.4 is 5.32 Å². The fourth-order valence-electron chi connectivity index (χ4n) is 2.08. The van der Waals surface area contributed by atoms with Crippen molar-refractivity contribution in [3.8, 4) is 11.3 Å². The first-order chi connectivity index (χ1) is 11.3. The summed E-state index contributed by atoms with van der Waals surface area (Å²) in [6.45, 7) is -0.198. The first-order valence-electron chi connectivity index (χ1n) is 6.76. The predicted molar refractivity (Wildman–Crippen MR) is 77.0 cm³/mol. The largest absolute Gasteiger partial charge is 0.455 e. The fourth-order valence-corrected chi connectivity index (χ4v) is 2.08. The van der Waals surface area contributed by atoms with Gasteiger partial charge >= 0.3 is 12.2 Å². The lowest BCUT2D eigenvalue weighted by molar-refractivity contribution is -0.137. The molecule has 9 heteroatoms.